The minimum atomic E-state index is -0.396. The van der Waals surface area contributed by atoms with Gasteiger partial charge >= 0.3 is 0 Å². The van der Waals surface area contributed by atoms with Crippen LogP contribution in [0.3, 0.4) is 0 Å². The Morgan fingerprint density at radius 2 is 1.84 bits per heavy atom. The van der Waals surface area contributed by atoms with Crippen molar-refractivity contribution in [2.45, 2.75) is 0 Å². The molecular formula is C18H14O7. The van der Waals surface area contributed by atoms with Gasteiger partial charge in [-0.15, -0.1) is 0 Å². The number of phenolic OH excluding ortho intramolecular Hbond substituents is 1. The second-order valence-corrected chi connectivity index (χ2v) is 5.38. The van der Waals surface area contributed by atoms with Crippen LogP contribution in [-0.4, -0.2) is 26.1 Å². The molecule has 0 bridgehead atoms. The van der Waals surface area contributed by atoms with Crippen molar-refractivity contribution in [3.8, 4) is 40.1 Å². The number of phenols is 1. The molecule has 1 aliphatic heterocycles. The Kier molecular flexibility index (Phi) is 3.42. The summed E-state index contributed by atoms with van der Waals surface area (Å²) in [6.45, 7) is 0.158. The first kappa shape index (κ1) is 15.2. The standard InChI is InChI=1S/C18H14O7/c1-21-15-7-14-16(17(20)18(15)22-2)10(19)6-12(25-14)9-3-4-11-13(5-9)24-8-23-11/h3-7,20H,8H2,1-2H3. The van der Waals surface area contributed by atoms with Crippen LogP contribution in [0.25, 0.3) is 22.3 Å². The molecule has 4 rings (SSSR count). The molecule has 7 nitrogen and oxygen atoms in total. The van der Waals surface area contributed by atoms with E-state index in [0.29, 0.717) is 22.8 Å². The molecule has 2 aromatic carbocycles. The van der Waals surface area contributed by atoms with Crippen LogP contribution in [0.2, 0.25) is 0 Å². The van der Waals surface area contributed by atoms with E-state index in [1.165, 1.54) is 26.4 Å². The van der Waals surface area contributed by atoms with Gasteiger partial charge in [-0.25, -0.2) is 0 Å². The number of rotatable bonds is 3. The summed E-state index contributed by atoms with van der Waals surface area (Å²) in [5.74, 6) is 1.58. The fourth-order valence-corrected chi connectivity index (χ4v) is 2.80. The molecule has 0 atom stereocenters. The van der Waals surface area contributed by atoms with Crippen LogP contribution >= 0.6 is 0 Å². The third-order valence-corrected chi connectivity index (χ3v) is 3.99. The van der Waals surface area contributed by atoms with Gasteiger partial charge in [0.15, 0.2) is 28.4 Å². The maximum Gasteiger partial charge on any atom is 0.231 e. The maximum absolute atomic E-state index is 12.5. The van der Waals surface area contributed by atoms with Crippen LogP contribution in [0.15, 0.2) is 39.5 Å². The lowest BCUT2D eigenvalue weighted by atomic mass is 10.1. The lowest BCUT2D eigenvalue weighted by Gasteiger charge is -2.12. The number of methoxy groups -OCH3 is 2. The number of aromatic hydroxyl groups is 1. The summed E-state index contributed by atoms with van der Waals surface area (Å²) in [5.41, 5.74) is 0.445. The predicted octanol–water partition coefficient (Wildman–Crippen LogP) is 2.91. The normalized spacial score (nSPS) is 12.4. The number of fused-ring (bicyclic) bond motifs is 2. The van der Waals surface area contributed by atoms with Crippen molar-refractivity contribution in [1.82, 2.24) is 0 Å². The maximum atomic E-state index is 12.5. The number of ether oxygens (including phenoxy) is 4. The van der Waals surface area contributed by atoms with E-state index in [1.807, 2.05) is 0 Å². The number of hydrogen-bond acceptors (Lipinski definition) is 7. The highest BCUT2D eigenvalue weighted by Crippen LogP contribution is 2.42. The average Bonchev–Trinajstić information content (AvgIpc) is 3.08. The summed E-state index contributed by atoms with van der Waals surface area (Å²) < 4.78 is 26.7. The molecule has 0 radical (unpaired) electrons. The zero-order chi connectivity index (χ0) is 17.6. The van der Waals surface area contributed by atoms with Crippen LogP contribution < -0.4 is 24.4 Å². The summed E-state index contributed by atoms with van der Waals surface area (Å²) in [6.07, 6.45) is 0. The van der Waals surface area contributed by atoms with E-state index in [1.54, 1.807) is 18.2 Å². The second kappa shape index (κ2) is 5.62. The zero-order valence-electron chi connectivity index (χ0n) is 13.5. The van der Waals surface area contributed by atoms with E-state index in [0.717, 1.165) is 0 Å². The van der Waals surface area contributed by atoms with Crippen molar-refractivity contribution in [2.24, 2.45) is 0 Å². The summed E-state index contributed by atoms with van der Waals surface area (Å²) >= 11 is 0. The molecule has 0 amide bonds. The summed E-state index contributed by atoms with van der Waals surface area (Å²) in [7, 11) is 2.81. The minimum absolute atomic E-state index is 0.0298. The van der Waals surface area contributed by atoms with Crippen LogP contribution in [0.4, 0.5) is 0 Å². The Labute approximate surface area is 141 Å². The molecule has 25 heavy (non-hydrogen) atoms. The molecule has 0 unspecified atom stereocenters. The lowest BCUT2D eigenvalue weighted by molar-refractivity contribution is 0.174. The van der Waals surface area contributed by atoms with Gasteiger partial charge in [-0.2, -0.15) is 0 Å². The van der Waals surface area contributed by atoms with Gasteiger partial charge < -0.3 is 28.5 Å². The highest BCUT2D eigenvalue weighted by Gasteiger charge is 2.20. The Balaban J connectivity index is 1.94. The van der Waals surface area contributed by atoms with Crippen molar-refractivity contribution in [3.63, 3.8) is 0 Å². The van der Waals surface area contributed by atoms with Crippen molar-refractivity contribution >= 4 is 11.0 Å². The van der Waals surface area contributed by atoms with Crippen LogP contribution in [-0.2, 0) is 0 Å². The molecule has 1 aliphatic rings. The molecule has 3 aromatic rings. The number of hydrogen-bond donors (Lipinski definition) is 1. The van der Waals surface area contributed by atoms with E-state index >= 15 is 0 Å². The molecule has 128 valence electrons. The highest BCUT2D eigenvalue weighted by atomic mass is 16.7. The molecule has 2 heterocycles. The number of benzene rings is 2. The molecule has 0 fully saturated rings. The highest BCUT2D eigenvalue weighted by molar-refractivity contribution is 5.89. The summed E-state index contributed by atoms with van der Waals surface area (Å²) in [4.78, 5) is 12.5. The average molecular weight is 342 g/mol. The van der Waals surface area contributed by atoms with Gasteiger partial charge in [0.2, 0.25) is 12.5 Å². The Bertz CT molecular complexity index is 1040. The smallest absolute Gasteiger partial charge is 0.231 e. The van der Waals surface area contributed by atoms with E-state index in [9.17, 15) is 9.90 Å². The van der Waals surface area contributed by atoms with E-state index < -0.39 is 5.43 Å². The van der Waals surface area contributed by atoms with E-state index in [4.69, 9.17) is 23.4 Å². The van der Waals surface area contributed by atoms with Crippen molar-refractivity contribution in [2.75, 3.05) is 21.0 Å². The molecule has 1 aromatic heterocycles. The molecule has 0 saturated heterocycles. The van der Waals surface area contributed by atoms with Crippen molar-refractivity contribution < 1.29 is 28.5 Å². The van der Waals surface area contributed by atoms with Gasteiger partial charge in [0.25, 0.3) is 0 Å². The van der Waals surface area contributed by atoms with Crippen molar-refractivity contribution in [3.05, 3.63) is 40.6 Å². The Hall–Kier alpha value is -3.35. The minimum Gasteiger partial charge on any atom is -0.504 e. The molecule has 0 aliphatic carbocycles. The fourth-order valence-electron chi connectivity index (χ4n) is 2.80. The predicted molar refractivity (Wildman–Crippen MR) is 88.8 cm³/mol. The van der Waals surface area contributed by atoms with Crippen LogP contribution in [0.5, 0.6) is 28.7 Å². The first-order valence-corrected chi connectivity index (χ1v) is 7.44. The van der Waals surface area contributed by atoms with Gasteiger partial charge in [0.05, 0.1) is 14.2 Å². The first-order valence-electron chi connectivity index (χ1n) is 7.44. The van der Waals surface area contributed by atoms with Crippen molar-refractivity contribution in [1.29, 1.82) is 0 Å². The van der Waals surface area contributed by atoms with Gasteiger partial charge in [-0.05, 0) is 18.2 Å². The first-order chi connectivity index (χ1) is 12.1. The van der Waals surface area contributed by atoms with Crippen LogP contribution in [0.1, 0.15) is 0 Å². The molecule has 7 heteroatoms. The van der Waals surface area contributed by atoms with Gasteiger partial charge in [0, 0.05) is 17.7 Å². The Morgan fingerprint density at radius 1 is 1.04 bits per heavy atom. The molecule has 0 spiro atoms. The summed E-state index contributed by atoms with van der Waals surface area (Å²) in [6, 6.07) is 8.05. The third kappa shape index (κ3) is 2.32. The monoisotopic (exact) mass is 342 g/mol. The van der Waals surface area contributed by atoms with Gasteiger partial charge in [-0.1, -0.05) is 0 Å². The van der Waals surface area contributed by atoms with E-state index in [2.05, 4.69) is 0 Å². The van der Waals surface area contributed by atoms with Gasteiger partial charge in [0.1, 0.15) is 16.7 Å². The Morgan fingerprint density at radius 3 is 2.60 bits per heavy atom. The lowest BCUT2D eigenvalue weighted by Crippen LogP contribution is -2.02. The zero-order valence-corrected chi connectivity index (χ0v) is 13.5. The van der Waals surface area contributed by atoms with Crippen LogP contribution in [0, 0.1) is 0 Å². The molecule has 0 saturated carbocycles. The largest absolute Gasteiger partial charge is 0.504 e. The third-order valence-electron chi connectivity index (χ3n) is 3.99. The summed E-state index contributed by atoms with van der Waals surface area (Å²) in [5, 5.41) is 10.4. The van der Waals surface area contributed by atoms with Gasteiger partial charge in [-0.3, -0.25) is 4.79 Å². The topological polar surface area (TPSA) is 87.4 Å². The SMILES string of the molecule is COc1cc2oc(-c3ccc4c(c3)OCO4)cc(=O)c2c(O)c1OC. The van der Waals surface area contributed by atoms with E-state index in [-0.39, 0.29) is 35.0 Å². The molecule has 1 N–H and O–H groups in total. The second-order valence-electron chi connectivity index (χ2n) is 5.38. The fraction of sp³-hybridized carbons (Fsp3) is 0.167. The quantitative estimate of drug-likeness (QED) is 0.783. The molecular weight excluding hydrogens is 328 g/mol.